The number of carbonyl (C=O) groups is 2. The number of amides is 1. The molecule has 2 rings (SSSR count). The molecule has 1 heterocycles. The summed E-state index contributed by atoms with van der Waals surface area (Å²) in [6.07, 6.45) is 2.27. The van der Waals surface area contributed by atoms with Crippen LogP contribution in [0.1, 0.15) is 32.6 Å². The third kappa shape index (κ3) is 2.00. The average Bonchev–Trinajstić information content (AvgIpc) is 2.64. The van der Waals surface area contributed by atoms with Crippen molar-refractivity contribution < 1.29 is 19.5 Å². The summed E-state index contributed by atoms with van der Waals surface area (Å²) >= 11 is 0. The minimum absolute atomic E-state index is 0.0389. The van der Waals surface area contributed by atoms with Crippen LogP contribution in [0.3, 0.4) is 0 Å². The molecule has 0 spiro atoms. The molecule has 6 heteroatoms. The highest BCUT2D eigenvalue weighted by Gasteiger charge is 2.38. The van der Waals surface area contributed by atoms with Crippen LogP contribution in [0.2, 0.25) is 0 Å². The molecule has 0 aromatic carbocycles. The number of rotatable bonds is 3. The predicted molar refractivity (Wildman–Crippen MR) is 55.0 cm³/mol. The number of aliphatic carboxylic acids is 1. The standard InChI is InChI=1S/C10H14N2O4/c1-10(3-2-4-10)11-8(13)7-5-6(9(14)15)12-16-7/h7H,2-5H2,1H3,(H,11,13)(H,14,15). The van der Waals surface area contributed by atoms with Crippen molar-refractivity contribution in [3.8, 4) is 0 Å². The van der Waals surface area contributed by atoms with E-state index < -0.39 is 12.1 Å². The second kappa shape index (κ2) is 3.77. The van der Waals surface area contributed by atoms with E-state index in [2.05, 4.69) is 10.5 Å². The van der Waals surface area contributed by atoms with E-state index >= 15 is 0 Å². The molecule has 2 N–H and O–H groups in total. The molecule has 1 atom stereocenters. The summed E-state index contributed by atoms with van der Waals surface area (Å²) in [5.41, 5.74) is -0.245. The fraction of sp³-hybridized carbons (Fsp3) is 0.700. The van der Waals surface area contributed by atoms with Gasteiger partial charge in [0.1, 0.15) is 0 Å². The number of carbonyl (C=O) groups excluding carboxylic acids is 1. The number of carboxylic acid groups (broad SMARTS) is 1. The van der Waals surface area contributed by atoms with Gasteiger partial charge in [0.25, 0.3) is 5.91 Å². The van der Waals surface area contributed by atoms with Crippen molar-refractivity contribution in [2.24, 2.45) is 5.16 Å². The zero-order chi connectivity index (χ0) is 11.8. The molecule has 1 unspecified atom stereocenters. The Morgan fingerprint density at radius 3 is 2.69 bits per heavy atom. The van der Waals surface area contributed by atoms with Gasteiger partial charge in [0.15, 0.2) is 5.71 Å². The minimum Gasteiger partial charge on any atom is -0.477 e. The summed E-state index contributed by atoms with van der Waals surface area (Å²) in [6, 6.07) is 0. The first kappa shape index (κ1) is 10.9. The summed E-state index contributed by atoms with van der Waals surface area (Å²) in [7, 11) is 0. The molecule has 88 valence electrons. The molecule has 1 fully saturated rings. The molecule has 1 amide bonds. The second-order valence-corrected chi connectivity index (χ2v) is 4.54. The van der Waals surface area contributed by atoms with E-state index in [0.717, 1.165) is 19.3 Å². The summed E-state index contributed by atoms with van der Waals surface area (Å²) < 4.78 is 0. The Kier molecular flexibility index (Phi) is 2.57. The maximum absolute atomic E-state index is 11.7. The van der Waals surface area contributed by atoms with Gasteiger partial charge in [-0.1, -0.05) is 5.16 Å². The van der Waals surface area contributed by atoms with Crippen molar-refractivity contribution in [2.45, 2.75) is 44.2 Å². The van der Waals surface area contributed by atoms with E-state index in [-0.39, 0.29) is 23.6 Å². The van der Waals surface area contributed by atoms with Gasteiger partial charge in [-0.2, -0.15) is 0 Å². The molecule has 2 aliphatic rings. The van der Waals surface area contributed by atoms with Gasteiger partial charge < -0.3 is 15.3 Å². The van der Waals surface area contributed by atoms with Crippen LogP contribution in [0.5, 0.6) is 0 Å². The van der Waals surface area contributed by atoms with E-state index in [1.165, 1.54) is 0 Å². The molecule has 0 aromatic heterocycles. The van der Waals surface area contributed by atoms with Crippen LogP contribution in [0.4, 0.5) is 0 Å². The molecule has 6 nitrogen and oxygen atoms in total. The van der Waals surface area contributed by atoms with Crippen molar-refractivity contribution >= 4 is 17.6 Å². The Balaban J connectivity index is 1.86. The first-order valence-corrected chi connectivity index (χ1v) is 5.28. The van der Waals surface area contributed by atoms with Crippen molar-refractivity contribution in [2.75, 3.05) is 0 Å². The first-order chi connectivity index (χ1) is 7.50. The maximum atomic E-state index is 11.7. The zero-order valence-electron chi connectivity index (χ0n) is 9.02. The zero-order valence-corrected chi connectivity index (χ0v) is 9.02. The van der Waals surface area contributed by atoms with E-state index in [1.54, 1.807) is 0 Å². The Labute approximate surface area is 92.6 Å². The van der Waals surface area contributed by atoms with Crippen molar-refractivity contribution in [3.05, 3.63) is 0 Å². The fourth-order valence-electron chi connectivity index (χ4n) is 1.85. The molecule has 16 heavy (non-hydrogen) atoms. The highest BCUT2D eigenvalue weighted by atomic mass is 16.6. The van der Waals surface area contributed by atoms with Gasteiger partial charge in [-0.25, -0.2) is 4.79 Å². The summed E-state index contributed by atoms with van der Waals surface area (Å²) in [6.45, 7) is 1.97. The third-order valence-corrected chi connectivity index (χ3v) is 3.09. The van der Waals surface area contributed by atoms with Crippen molar-refractivity contribution in [1.82, 2.24) is 5.32 Å². The van der Waals surface area contributed by atoms with E-state index in [0.29, 0.717) is 0 Å². The van der Waals surface area contributed by atoms with Gasteiger partial charge in [0, 0.05) is 12.0 Å². The van der Waals surface area contributed by atoms with E-state index in [4.69, 9.17) is 9.94 Å². The molecule has 0 aromatic rings. The topological polar surface area (TPSA) is 88.0 Å². The summed E-state index contributed by atoms with van der Waals surface area (Å²) in [5, 5.41) is 14.9. The van der Waals surface area contributed by atoms with Crippen LogP contribution in [0.15, 0.2) is 5.16 Å². The third-order valence-electron chi connectivity index (χ3n) is 3.09. The van der Waals surface area contributed by atoms with Gasteiger partial charge >= 0.3 is 5.97 Å². The number of carboxylic acids is 1. The number of nitrogens with one attached hydrogen (secondary N) is 1. The molecule has 0 saturated heterocycles. The lowest BCUT2D eigenvalue weighted by Gasteiger charge is -2.39. The molecule has 0 radical (unpaired) electrons. The van der Waals surface area contributed by atoms with Crippen LogP contribution in [-0.4, -0.2) is 34.3 Å². The minimum atomic E-state index is -1.13. The lowest BCUT2D eigenvalue weighted by Crippen LogP contribution is -2.53. The van der Waals surface area contributed by atoms with Gasteiger partial charge in [-0.05, 0) is 26.2 Å². The monoisotopic (exact) mass is 226 g/mol. The fourth-order valence-corrected chi connectivity index (χ4v) is 1.85. The van der Waals surface area contributed by atoms with Crippen LogP contribution < -0.4 is 5.32 Å². The lowest BCUT2D eigenvalue weighted by atomic mass is 9.78. The van der Waals surface area contributed by atoms with Crippen LogP contribution in [0, 0.1) is 0 Å². The summed E-state index contributed by atoms with van der Waals surface area (Å²) in [4.78, 5) is 27.1. The summed E-state index contributed by atoms with van der Waals surface area (Å²) in [5.74, 6) is -1.41. The number of hydrogen-bond donors (Lipinski definition) is 2. The predicted octanol–water partition coefficient (Wildman–Crippen LogP) is 0.275. The maximum Gasteiger partial charge on any atom is 0.353 e. The van der Waals surface area contributed by atoms with Crippen molar-refractivity contribution in [3.63, 3.8) is 0 Å². The molecule has 1 saturated carbocycles. The highest BCUT2D eigenvalue weighted by Crippen LogP contribution is 2.31. The van der Waals surface area contributed by atoms with E-state index in [9.17, 15) is 9.59 Å². The SMILES string of the molecule is CC1(NC(=O)C2CC(C(=O)O)=NO2)CCC1. The Morgan fingerprint density at radius 2 is 2.25 bits per heavy atom. The largest absolute Gasteiger partial charge is 0.477 e. The number of nitrogens with zero attached hydrogens (tertiary/aromatic N) is 1. The van der Waals surface area contributed by atoms with Crippen LogP contribution >= 0.6 is 0 Å². The Morgan fingerprint density at radius 1 is 1.56 bits per heavy atom. The Bertz CT molecular complexity index is 360. The lowest BCUT2D eigenvalue weighted by molar-refractivity contribution is -0.134. The molecule has 1 aliphatic carbocycles. The van der Waals surface area contributed by atoms with Gasteiger partial charge in [0.2, 0.25) is 6.10 Å². The second-order valence-electron chi connectivity index (χ2n) is 4.54. The van der Waals surface area contributed by atoms with E-state index in [1.807, 2.05) is 6.92 Å². The van der Waals surface area contributed by atoms with Gasteiger partial charge in [-0.15, -0.1) is 0 Å². The quantitative estimate of drug-likeness (QED) is 0.723. The normalized spacial score (nSPS) is 26.3. The first-order valence-electron chi connectivity index (χ1n) is 5.28. The smallest absolute Gasteiger partial charge is 0.353 e. The highest BCUT2D eigenvalue weighted by molar-refractivity contribution is 6.36. The van der Waals surface area contributed by atoms with Crippen LogP contribution in [0.25, 0.3) is 0 Å². The van der Waals surface area contributed by atoms with Gasteiger partial charge in [-0.3, -0.25) is 4.79 Å². The number of oxime groups is 1. The van der Waals surface area contributed by atoms with Crippen LogP contribution in [-0.2, 0) is 14.4 Å². The average molecular weight is 226 g/mol. The van der Waals surface area contributed by atoms with Gasteiger partial charge in [0.05, 0.1) is 0 Å². The molecule has 1 aliphatic heterocycles. The Hall–Kier alpha value is -1.59. The number of hydrogen-bond acceptors (Lipinski definition) is 4. The van der Waals surface area contributed by atoms with Crippen molar-refractivity contribution in [1.29, 1.82) is 0 Å². The molecule has 0 bridgehead atoms. The molecular weight excluding hydrogens is 212 g/mol. The molecular formula is C10H14N2O4.